The molecule has 0 fully saturated rings. The lowest BCUT2D eigenvalue weighted by Gasteiger charge is -2.11. The van der Waals surface area contributed by atoms with Crippen LogP contribution in [0.4, 0.5) is 13.2 Å². The van der Waals surface area contributed by atoms with Crippen molar-refractivity contribution in [2.24, 2.45) is 0 Å². The van der Waals surface area contributed by atoms with E-state index in [9.17, 15) is 26.4 Å². The standard InChI is InChI=1S/C22H22F3NO7S/c1-14(34(28,29)30)20-12-18(27)21(13-33-20)32-10-4-2-3-9-31-19-7-8-26-17-11-15(22(23,24)25)5-6-16(17)19/h5-8,11-14H,2-4,9-10H2,1H3,(H,28,29,30). The third kappa shape index (κ3) is 6.48. The molecule has 0 saturated carbocycles. The zero-order valence-electron chi connectivity index (χ0n) is 18.0. The molecular formula is C22H22F3NO7S. The SMILES string of the molecule is CC(c1cc(=O)c(OCCCCCOc2ccnc3cc(C(F)(F)F)ccc23)co1)S(=O)(=O)O. The van der Waals surface area contributed by atoms with E-state index in [1.54, 1.807) is 6.07 Å². The van der Waals surface area contributed by atoms with Gasteiger partial charge in [0.15, 0.2) is 0 Å². The Morgan fingerprint density at radius 3 is 2.35 bits per heavy atom. The predicted octanol–water partition coefficient (Wildman–Crippen LogP) is 4.78. The first kappa shape index (κ1) is 25.5. The highest BCUT2D eigenvalue weighted by Gasteiger charge is 2.30. The van der Waals surface area contributed by atoms with Gasteiger partial charge in [-0.15, -0.1) is 0 Å². The average molecular weight is 501 g/mol. The fourth-order valence-corrected chi connectivity index (χ4v) is 3.47. The Kier molecular flexibility index (Phi) is 7.82. The molecule has 2 aromatic heterocycles. The third-order valence-corrected chi connectivity index (χ3v) is 6.13. The molecule has 184 valence electrons. The topological polar surface area (TPSA) is 116 Å². The van der Waals surface area contributed by atoms with Crippen molar-refractivity contribution in [2.75, 3.05) is 13.2 Å². The van der Waals surface area contributed by atoms with E-state index in [1.165, 1.54) is 19.2 Å². The highest BCUT2D eigenvalue weighted by Crippen LogP contribution is 2.33. The second kappa shape index (κ2) is 10.4. The number of ether oxygens (including phenoxy) is 2. The van der Waals surface area contributed by atoms with E-state index in [1.807, 2.05) is 0 Å². The van der Waals surface area contributed by atoms with Gasteiger partial charge in [0.05, 0.1) is 24.3 Å². The number of benzene rings is 1. The summed E-state index contributed by atoms with van der Waals surface area (Å²) in [6.07, 6.45) is -0.160. The number of aromatic nitrogens is 1. The number of pyridine rings is 1. The Bertz CT molecular complexity index is 1310. The van der Waals surface area contributed by atoms with Gasteiger partial charge in [0.2, 0.25) is 11.2 Å². The summed E-state index contributed by atoms with van der Waals surface area (Å²) in [6.45, 7) is 1.71. The molecule has 0 aliphatic rings. The molecule has 0 bridgehead atoms. The lowest BCUT2D eigenvalue weighted by atomic mass is 10.1. The number of rotatable bonds is 10. The lowest BCUT2D eigenvalue weighted by molar-refractivity contribution is -0.137. The molecular weight excluding hydrogens is 479 g/mol. The predicted molar refractivity (Wildman–Crippen MR) is 117 cm³/mol. The van der Waals surface area contributed by atoms with Crippen molar-refractivity contribution in [1.82, 2.24) is 4.98 Å². The van der Waals surface area contributed by atoms with E-state index >= 15 is 0 Å². The summed E-state index contributed by atoms with van der Waals surface area (Å²) in [5.41, 5.74) is -1.16. The van der Waals surface area contributed by atoms with Gasteiger partial charge in [-0.3, -0.25) is 14.3 Å². The molecule has 8 nitrogen and oxygen atoms in total. The number of unbranched alkanes of at least 4 members (excludes halogenated alkanes) is 2. The molecule has 34 heavy (non-hydrogen) atoms. The maximum atomic E-state index is 12.9. The minimum absolute atomic E-state index is 0.0796. The van der Waals surface area contributed by atoms with Crippen LogP contribution in [0.5, 0.6) is 11.5 Å². The van der Waals surface area contributed by atoms with Gasteiger partial charge in [0, 0.05) is 17.6 Å². The van der Waals surface area contributed by atoms with Crippen LogP contribution in [0.2, 0.25) is 0 Å². The van der Waals surface area contributed by atoms with E-state index in [0.717, 1.165) is 24.5 Å². The summed E-state index contributed by atoms with van der Waals surface area (Å²) in [5.74, 6) is 0.158. The summed E-state index contributed by atoms with van der Waals surface area (Å²) < 4.78 is 86.0. The van der Waals surface area contributed by atoms with Gasteiger partial charge < -0.3 is 13.9 Å². The molecule has 0 spiro atoms. The first-order chi connectivity index (χ1) is 16.0. The van der Waals surface area contributed by atoms with Crippen LogP contribution >= 0.6 is 0 Å². The van der Waals surface area contributed by atoms with Gasteiger partial charge in [0.1, 0.15) is 23.0 Å². The molecule has 0 saturated heterocycles. The number of nitrogens with zero attached hydrogens (tertiary/aromatic N) is 1. The van der Waals surface area contributed by atoms with Gasteiger partial charge in [-0.25, -0.2) is 0 Å². The van der Waals surface area contributed by atoms with Crippen molar-refractivity contribution < 1.29 is 40.0 Å². The number of alkyl halides is 3. The second-order valence-corrected chi connectivity index (χ2v) is 9.20. The molecule has 3 rings (SSSR count). The zero-order valence-corrected chi connectivity index (χ0v) is 18.9. The van der Waals surface area contributed by atoms with Crippen molar-refractivity contribution >= 4 is 21.0 Å². The van der Waals surface area contributed by atoms with Gasteiger partial charge in [-0.05, 0) is 50.5 Å². The van der Waals surface area contributed by atoms with E-state index in [-0.39, 0.29) is 23.6 Å². The highest BCUT2D eigenvalue weighted by atomic mass is 32.2. The maximum Gasteiger partial charge on any atom is 0.416 e. The molecule has 1 aromatic carbocycles. The normalized spacial score (nSPS) is 13.1. The summed E-state index contributed by atoms with van der Waals surface area (Å²) >= 11 is 0. The van der Waals surface area contributed by atoms with E-state index in [4.69, 9.17) is 18.4 Å². The first-order valence-corrected chi connectivity index (χ1v) is 11.8. The second-order valence-electron chi connectivity index (χ2n) is 7.46. The first-order valence-electron chi connectivity index (χ1n) is 10.3. The smallest absolute Gasteiger partial charge is 0.416 e. The molecule has 0 radical (unpaired) electrons. The maximum absolute atomic E-state index is 12.9. The van der Waals surface area contributed by atoms with Gasteiger partial charge in [-0.2, -0.15) is 21.6 Å². The van der Waals surface area contributed by atoms with Crippen LogP contribution in [0.15, 0.2) is 52.0 Å². The van der Waals surface area contributed by atoms with Gasteiger partial charge in [-0.1, -0.05) is 0 Å². The van der Waals surface area contributed by atoms with Crippen molar-refractivity contribution in [3.8, 4) is 11.5 Å². The minimum Gasteiger partial charge on any atom is -0.493 e. The van der Waals surface area contributed by atoms with E-state index in [2.05, 4.69) is 4.98 Å². The Labute approximate surface area is 193 Å². The minimum atomic E-state index is -4.45. The van der Waals surface area contributed by atoms with Crippen LogP contribution in [0, 0.1) is 0 Å². The molecule has 1 N–H and O–H groups in total. The molecule has 1 atom stereocenters. The summed E-state index contributed by atoms with van der Waals surface area (Å²) in [6, 6.07) is 5.84. The summed E-state index contributed by atoms with van der Waals surface area (Å²) in [4.78, 5) is 16.0. The van der Waals surface area contributed by atoms with Crippen molar-refractivity contribution in [2.45, 2.75) is 37.6 Å². The Morgan fingerprint density at radius 2 is 1.74 bits per heavy atom. The summed E-state index contributed by atoms with van der Waals surface area (Å²) in [5, 5.41) is -0.893. The van der Waals surface area contributed by atoms with Gasteiger partial charge >= 0.3 is 6.18 Å². The largest absolute Gasteiger partial charge is 0.493 e. The zero-order chi connectivity index (χ0) is 24.9. The molecule has 3 aromatic rings. The molecule has 0 amide bonds. The van der Waals surface area contributed by atoms with Crippen LogP contribution < -0.4 is 14.9 Å². The number of fused-ring (bicyclic) bond motifs is 1. The lowest BCUT2D eigenvalue weighted by Crippen LogP contribution is -2.13. The average Bonchev–Trinajstić information content (AvgIpc) is 2.77. The Balaban J connectivity index is 1.45. The molecule has 0 aliphatic carbocycles. The number of hydrogen-bond donors (Lipinski definition) is 1. The molecule has 12 heteroatoms. The highest BCUT2D eigenvalue weighted by molar-refractivity contribution is 7.86. The molecule has 1 unspecified atom stereocenters. The van der Waals surface area contributed by atoms with E-state index in [0.29, 0.717) is 37.0 Å². The van der Waals surface area contributed by atoms with Crippen molar-refractivity contribution in [3.63, 3.8) is 0 Å². The van der Waals surface area contributed by atoms with Gasteiger partial charge in [0.25, 0.3) is 10.1 Å². The molecule has 2 heterocycles. The fraction of sp³-hybridized carbons (Fsp3) is 0.364. The third-order valence-electron chi connectivity index (χ3n) is 5.00. The number of halogens is 3. The molecule has 0 aliphatic heterocycles. The van der Waals surface area contributed by atoms with Crippen molar-refractivity contribution in [3.05, 3.63) is 64.3 Å². The van der Waals surface area contributed by atoms with Crippen LogP contribution in [-0.2, 0) is 16.3 Å². The number of hydrogen-bond acceptors (Lipinski definition) is 7. The van der Waals surface area contributed by atoms with Crippen LogP contribution in [0.25, 0.3) is 10.9 Å². The van der Waals surface area contributed by atoms with Crippen LogP contribution in [0.3, 0.4) is 0 Å². The quantitative estimate of drug-likeness (QED) is 0.312. The van der Waals surface area contributed by atoms with Crippen LogP contribution in [0.1, 0.15) is 42.8 Å². The van der Waals surface area contributed by atoms with E-state index < -0.39 is 32.5 Å². The Hall–Kier alpha value is -3.12. The fourth-order valence-electron chi connectivity index (χ4n) is 3.05. The summed E-state index contributed by atoms with van der Waals surface area (Å²) in [7, 11) is -4.39. The monoisotopic (exact) mass is 501 g/mol. The van der Waals surface area contributed by atoms with Crippen molar-refractivity contribution in [1.29, 1.82) is 0 Å². The van der Waals surface area contributed by atoms with Crippen LogP contribution in [-0.4, -0.2) is 31.2 Å². The Morgan fingerprint density at radius 1 is 1.06 bits per heavy atom.